The topological polar surface area (TPSA) is 25.8 Å². The molecule has 0 spiro atoms. The molecule has 3 aromatic rings. The molecule has 0 unspecified atom stereocenters. The highest BCUT2D eigenvalue weighted by atomic mass is 35.5. The summed E-state index contributed by atoms with van der Waals surface area (Å²) in [6, 6.07) is 11.4. The normalized spacial score (nSPS) is 10.7. The van der Waals surface area contributed by atoms with Crippen molar-refractivity contribution in [1.29, 1.82) is 0 Å². The first-order chi connectivity index (χ1) is 9.74. The molecule has 0 bridgehead atoms. The fourth-order valence-electron chi connectivity index (χ4n) is 1.88. The lowest BCUT2D eigenvalue weighted by molar-refractivity contribution is 1.05. The van der Waals surface area contributed by atoms with Gasteiger partial charge in [0.05, 0.1) is 20.7 Å². The second kappa shape index (κ2) is 5.92. The Kier molecular flexibility index (Phi) is 4.01. The predicted molar refractivity (Wildman–Crippen MR) is 84.6 cm³/mol. The van der Waals surface area contributed by atoms with Crippen LogP contribution in [-0.4, -0.2) is 9.97 Å². The highest BCUT2D eigenvalue weighted by Gasteiger charge is 2.11. The molecule has 20 heavy (non-hydrogen) atoms. The first-order valence-electron chi connectivity index (χ1n) is 6.03. The standard InChI is InChI=1S/C15H10Cl2N2S/c16-12-6-3-5-11(15(12)17)13-9-20-14(19-13)8-10-4-1-2-7-18-10/h1-7,9H,8H2. The molecule has 0 fully saturated rings. The SMILES string of the molecule is Clc1cccc(-c2csc(Cc3ccccn3)n2)c1Cl. The van der Waals surface area contributed by atoms with Crippen LogP contribution in [0.25, 0.3) is 11.3 Å². The lowest BCUT2D eigenvalue weighted by Gasteiger charge is -2.02. The number of nitrogens with zero attached hydrogens (tertiary/aromatic N) is 2. The number of rotatable bonds is 3. The van der Waals surface area contributed by atoms with Crippen molar-refractivity contribution in [2.75, 3.05) is 0 Å². The Morgan fingerprint density at radius 2 is 1.95 bits per heavy atom. The van der Waals surface area contributed by atoms with Crippen molar-refractivity contribution in [2.24, 2.45) is 0 Å². The van der Waals surface area contributed by atoms with Gasteiger partial charge in [0.1, 0.15) is 0 Å². The third-order valence-electron chi connectivity index (χ3n) is 2.84. The number of hydrogen-bond acceptors (Lipinski definition) is 3. The molecule has 0 aliphatic heterocycles. The van der Waals surface area contributed by atoms with Gasteiger partial charge in [-0.05, 0) is 18.2 Å². The van der Waals surface area contributed by atoms with Gasteiger partial charge in [0.2, 0.25) is 0 Å². The van der Waals surface area contributed by atoms with Crippen LogP contribution >= 0.6 is 34.5 Å². The van der Waals surface area contributed by atoms with Gasteiger partial charge in [0.25, 0.3) is 0 Å². The van der Waals surface area contributed by atoms with E-state index in [4.69, 9.17) is 23.2 Å². The highest BCUT2D eigenvalue weighted by molar-refractivity contribution is 7.10. The van der Waals surface area contributed by atoms with Gasteiger partial charge < -0.3 is 0 Å². The van der Waals surface area contributed by atoms with Crippen molar-refractivity contribution in [3.05, 3.63) is 68.7 Å². The van der Waals surface area contributed by atoms with Crippen LogP contribution in [0.15, 0.2) is 48.0 Å². The van der Waals surface area contributed by atoms with Crippen LogP contribution in [0.3, 0.4) is 0 Å². The number of benzene rings is 1. The van der Waals surface area contributed by atoms with E-state index in [2.05, 4.69) is 9.97 Å². The van der Waals surface area contributed by atoms with E-state index in [9.17, 15) is 0 Å². The molecule has 100 valence electrons. The molecule has 0 saturated carbocycles. The summed E-state index contributed by atoms with van der Waals surface area (Å²) in [7, 11) is 0. The van der Waals surface area contributed by atoms with E-state index < -0.39 is 0 Å². The van der Waals surface area contributed by atoms with Gasteiger partial charge in [-0.1, -0.05) is 41.4 Å². The van der Waals surface area contributed by atoms with Crippen LogP contribution in [0.5, 0.6) is 0 Å². The number of halogens is 2. The zero-order chi connectivity index (χ0) is 13.9. The minimum Gasteiger partial charge on any atom is -0.261 e. The summed E-state index contributed by atoms with van der Waals surface area (Å²) in [4.78, 5) is 8.92. The largest absolute Gasteiger partial charge is 0.261 e. The average molecular weight is 321 g/mol. The zero-order valence-electron chi connectivity index (χ0n) is 10.4. The molecule has 5 heteroatoms. The van der Waals surface area contributed by atoms with Gasteiger partial charge >= 0.3 is 0 Å². The molecule has 2 aromatic heterocycles. The van der Waals surface area contributed by atoms with Crippen LogP contribution in [-0.2, 0) is 6.42 Å². The molecule has 0 amide bonds. The van der Waals surface area contributed by atoms with Crippen molar-refractivity contribution in [1.82, 2.24) is 9.97 Å². The van der Waals surface area contributed by atoms with Gasteiger partial charge in [-0.15, -0.1) is 11.3 Å². The number of pyridine rings is 1. The van der Waals surface area contributed by atoms with Crippen molar-refractivity contribution in [3.63, 3.8) is 0 Å². The second-order valence-electron chi connectivity index (χ2n) is 4.23. The molecule has 0 aliphatic rings. The van der Waals surface area contributed by atoms with E-state index in [-0.39, 0.29) is 0 Å². The Morgan fingerprint density at radius 1 is 1.05 bits per heavy atom. The van der Waals surface area contributed by atoms with Crippen molar-refractivity contribution in [2.45, 2.75) is 6.42 Å². The van der Waals surface area contributed by atoms with Crippen LogP contribution < -0.4 is 0 Å². The molecule has 3 rings (SSSR count). The molecule has 2 nitrogen and oxygen atoms in total. The summed E-state index contributed by atoms with van der Waals surface area (Å²) >= 11 is 13.9. The fraction of sp³-hybridized carbons (Fsp3) is 0.0667. The molecule has 0 radical (unpaired) electrons. The summed E-state index contributed by atoms with van der Waals surface area (Å²) in [5, 5.41) is 4.09. The number of aromatic nitrogens is 2. The molecule has 0 N–H and O–H groups in total. The fourth-order valence-corrected chi connectivity index (χ4v) is 3.08. The maximum absolute atomic E-state index is 6.22. The van der Waals surface area contributed by atoms with E-state index in [1.54, 1.807) is 23.6 Å². The van der Waals surface area contributed by atoms with Crippen LogP contribution in [0.4, 0.5) is 0 Å². The highest BCUT2D eigenvalue weighted by Crippen LogP contribution is 2.34. The summed E-state index contributed by atoms with van der Waals surface area (Å²) in [5.74, 6) is 0. The molecular weight excluding hydrogens is 311 g/mol. The maximum Gasteiger partial charge on any atom is 0.0992 e. The van der Waals surface area contributed by atoms with E-state index in [0.717, 1.165) is 28.4 Å². The third kappa shape index (κ3) is 2.85. The molecule has 0 atom stereocenters. The van der Waals surface area contributed by atoms with Gasteiger partial charge in [-0.3, -0.25) is 4.98 Å². The van der Waals surface area contributed by atoms with E-state index in [1.165, 1.54) is 0 Å². The summed E-state index contributed by atoms with van der Waals surface area (Å²) in [6.45, 7) is 0. The van der Waals surface area contributed by atoms with Gasteiger partial charge in [-0.2, -0.15) is 0 Å². The average Bonchev–Trinajstić information content (AvgIpc) is 2.91. The van der Waals surface area contributed by atoms with Gasteiger partial charge in [-0.25, -0.2) is 4.98 Å². The monoisotopic (exact) mass is 320 g/mol. The second-order valence-corrected chi connectivity index (χ2v) is 5.95. The van der Waals surface area contributed by atoms with Crippen molar-refractivity contribution >= 4 is 34.5 Å². The smallest absolute Gasteiger partial charge is 0.0992 e. The van der Waals surface area contributed by atoms with Crippen molar-refractivity contribution < 1.29 is 0 Å². The van der Waals surface area contributed by atoms with Crippen LogP contribution in [0.1, 0.15) is 10.7 Å². The Hall–Kier alpha value is -1.42. The predicted octanol–water partition coefficient (Wildman–Crippen LogP) is 5.10. The summed E-state index contributed by atoms with van der Waals surface area (Å²) < 4.78 is 0. The minimum atomic E-state index is 0.545. The Labute approximate surface area is 131 Å². The maximum atomic E-state index is 6.22. The summed E-state index contributed by atoms with van der Waals surface area (Å²) in [5.41, 5.74) is 2.72. The lowest BCUT2D eigenvalue weighted by atomic mass is 10.2. The zero-order valence-corrected chi connectivity index (χ0v) is 12.7. The number of thiazole rings is 1. The Balaban J connectivity index is 1.89. The molecule has 0 aliphatic carbocycles. The number of hydrogen-bond donors (Lipinski definition) is 0. The van der Waals surface area contributed by atoms with Crippen LogP contribution in [0.2, 0.25) is 10.0 Å². The Bertz CT molecular complexity index is 726. The van der Waals surface area contributed by atoms with Crippen LogP contribution in [0, 0.1) is 0 Å². The van der Waals surface area contributed by atoms with E-state index in [1.807, 2.05) is 35.7 Å². The van der Waals surface area contributed by atoms with E-state index in [0.29, 0.717) is 10.0 Å². The van der Waals surface area contributed by atoms with Gasteiger partial charge in [0, 0.05) is 29.3 Å². The lowest BCUT2D eigenvalue weighted by Crippen LogP contribution is -1.90. The minimum absolute atomic E-state index is 0.545. The van der Waals surface area contributed by atoms with Crippen molar-refractivity contribution in [3.8, 4) is 11.3 Å². The first kappa shape index (κ1) is 13.6. The molecular formula is C15H10Cl2N2S. The molecule has 1 aromatic carbocycles. The Morgan fingerprint density at radius 3 is 2.75 bits per heavy atom. The molecule has 0 saturated heterocycles. The third-order valence-corrected chi connectivity index (χ3v) is 4.51. The molecule has 2 heterocycles. The van der Waals surface area contributed by atoms with Gasteiger partial charge in [0.15, 0.2) is 0 Å². The summed E-state index contributed by atoms with van der Waals surface area (Å²) in [6.07, 6.45) is 2.52. The quantitative estimate of drug-likeness (QED) is 0.670. The van der Waals surface area contributed by atoms with E-state index >= 15 is 0 Å². The first-order valence-corrected chi connectivity index (χ1v) is 7.66.